The maximum Gasteiger partial charge on any atom is 0.341 e. The van der Waals surface area contributed by atoms with Gasteiger partial charge in [-0.2, -0.15) is 0 Å². The van der Waals surface area contributed by atoms with Gasteiger partial charge in [-0.1, -0.05) is 30.3 Å². The summed E-state index contributed by atoms with van der Waals surface area (Å²) in [7, 11) is 0. The van der Waals surface area contributed by atoms with E-state index in [2.05, 4.69) is 22.3 Å². The zero-order valence-corrected chi connectivity index (χ0v) is 16.7. The number of primary amides is 1. The van der Waals surface area contributed by atoms with Crippen LogP contribution in [0.4, 0.5) is 9.80 Å². The first-order valence-corrected chi connectivity index (χ1v) is 9.75. The third-order valence-electron chi connectivity index (χ3n) is 4.22. The molecular weight excluding hydrogens is 362 g/mol. The van der Waals surface area contributed by atoms with Crippen molar-refractivity contribution in [2.45, 2.75) is 45.9 Å². The Kier molecular flexibility index (Phi) is 5.53. The van der Waals surface area contributed by atoms with Crippen LogP contribution in [0.5, 0.6) is 0 Å². The van der Waals surface area contributed by atoms with Crippen LogP contribution < -0.4 is 11.1 Å². The van der Waals surface area contributed by atoms with E-state index in [1.54, 1.807) is 0 Å². The third-order valence-corrected chi connectivity index (χ3v) is 5.36. The number of nitrogens with one attached hydrogen (secondary N) is 1. The van der Waals surface area contributed by atoms with Crippen LogP contribution in [-0.2, 0) is 24.2 Å². The summed E-state index contributed by atoms with van der Waals surface area (Å²) in [5, 5.41) is 3.08. The normalized spacial score (nSPS) is 14.5. The molecular formula is C20H25N3O3S. The molecule has 7 heteroatoms. The number of anilines is 1. The molecule has 1 aromatic heterocycles. The lowest BCUT2D eigenvalue weighted by Crippen LogP contribution is -2.31. The van der Waals surface area contributed by atoms with Gasteiger partial charge in [-0.25, -0.2) is 9.59 Å². The summed E-state index contributed by atoms with van der Waals surface area (Å²) in [5.74, 6) is -0.416. The SMILES string of the molecule is CC(C)(C)OC(=O)c1c(NC(N)=O)sc2c1CCN(Cc1ccccc1)C2. The van der Waals surface area contributed by atoms with Gasteiger partial charge < -0.3 is 10.5 Å². The molecule has 0 saturated heterocycles. The van der Waals surface area contributed by atoms with E-state index in [-0.39, 0.29) is 0 Å². The molecule has 0 atom stereocenters. The molecule has 0 fully saturated rings. The van der Waals surface area contributed by atoms with Crippen LogP contribution in [0.3, 0.4) is 0 Å². The number of esters is 1. The highest BCUT2D eigenvalue weighted by Gasteiger charge is 2.31. The number of rotatable bonds is 4. The number of benzene rings is 1. The van der Waals surface area contributed by atoms with Gasteiger partial charge in [-0.15, -0.1) is 11.3 Å². The number of ether oxygens (including phenoxy) is 1. The van der Waals surface area contributed by atoms with E-state index >= 15 is 0 Å². The van der Waals surface area contributed by atoms with Gasteiger partial charge in [0.15, 0.2) is 0 Å². The summed E-state index contributed by atoms with van der Waals surface area (Å²) >= 11 is 1.40. The highest BCUT2D eigenvalue weighted by molar-refractivity contribution is 7.17. The lowest BCUT2D eigenvalue weighted by atomic mass is 10.0. The van der Waals surface area contributed by atoms with Crippen molar-refractivity contribution in [2.75, 3.05) is 11.9 Å². The molecule has 1 aliphatic heterocycles. The van der Waals surface area contributed by atoms with Crippen molar-refractivity contribution >= 4 is 28.3 Å². The Hall–Kier alpha value is -2.38. The van der Waals surface area contributed by atoms with Crippen LogP contribution in [0.25, 0.3) is 0 Å². The minimum atomic E-state index is -0.681. The number of urea groups is 1. The molecule has 1 aromatic carbocycles. The smallest absolute Gasteiger partial charge is 0.341 e. The van der Waals surface area contributed by atoms with E-state index in [0.717, 1.165) is 36.5 Å². The average molecular weight is 388 g/mol. The van der Waals surface area contributed by atoms with E-state index < -0.39 is 17.6 Å². The number of thiophene rings is 1. The lowest BCUT2D eigenvalue weighted by molar-refractivity contribution is 0.00695. The Morgan fingerprint density at radius 2 is 1.96 bits per heavy atom. The molecule has 2 aromatic rings. The highest BCUT2D eigenvalue weighted by atomic mass is 32.1. The molecule has 1 aliphatic rings. The van der Waals surface area contributed by atoms with Crippen LogP contribution >= 0.6 is 11.3 Å². The van der Waals surface area contributed by atoms with Gasteiger partial charge in [0.25, 0.3) is 0 Å². The number of fused-ring (bicyclic) bond motifs is 1. The first-order chi connectivity index (χ1) is 12.7. The molecule has 0 unspecified atom stereocenters. The quantitative estimate of drug-likeness (QED) is 0.783. The lowest BCUT2D eigenvalue weighted by Gasteiger charge is -2.27. The summed E-state index contributed by atoms with van der Waals surface area (Å²) in [6, 6.07) is 9.61. The van der Waals surface area contributed by atoms with Gasteiger partial charge in [0.05, 0.1) is 5.56 Å². The van der Waals surface area contributed by atoms with Crippen LogP contribution in [0.1, 0.15) is 47.1 Å². The Bertz CT molecular complexity index is 840. The fourth-order valence-electron chi connectivity index (χ4n) is 3.18. The molecule has 3 N–H and O–H groups in total. The fourth-order valence-corrected chi connectivity index (χ4v) is 4.46. The molecule has 3 rings (SSSR count). The van der Waals surface area contributed by atoms with Crippen LogP contribution in [0.15, 0.2) is 30.3 Å². The van der Waals surface area contributed by atoms with Gasteiger partial charge in [0, 0.05) is 24.5 Å². The molecule has 6 nitrogen and oxygen atoms in total. The minimum absolute atomic E-state index is 0.416. The second kappa shape index (κ2) is 7.70. The van der Waals surface area contributed by atoms with Crippen molar-refractivity contribution in [3.63, 3.8) is 0 Å². The third kappa shape index (κ3) is 4.87. The Balaban J connectivity index is 1.86. The molecule has 0 radical (unpaired) electrons. The van der Waals surface area contributed by atoms with Crippen LogP contribution in [0.2, 0.25) is 0 Å². The number of nitrogens with two attached hydrogens (primary N) is 1. The molecule has 2 heterocycles. The highest BCUT2D eigenvalue weighted by Crippen LogP contribution is 2.38. The zero-order valence-electron chi connectivity index (χ0n) is 15.9. The summed E-state index contributed by atoms with van der Waals surface area (Å²) in [6.45, 7) is 7.89. The van der Waals surface area contributed by atoms with E-state index in [1.165, 1.54) is 16.9 Å². The number of hydrogen-bond donors (Lipinski definition) is 2. The predicted octanol–water partition coefficient (Wildman–Crippen LogP) is 3.75. The zero-order chi connectivity index (χ0) is 19.6. The molecule has 2 amide bonds. The van der Waals surface area contributed by atoms with Crippen molar-refractivity contribution in [3.8, 4) is 0 Å². The Morgan fingerprint density at radius 1 is 1.26 bits per heavy atom. The number of carbonyl (C=O) groups excluding carboxylic acids is 2. The second-order valence-electron chi connectivity index (χ2n) is 7.65. The minimum Gasteiger partial charge on any atom is -0.456 e. The van der Waals surface area contributed by atoms with Gasteiger partial charge in [0.1, 0.15) is 10.6 Å². The number of carbonyl (C=O) groups is 2. The fraction of sp³-hybridized carbons (Fsp3) is 0.400. The van der Waals surface area contributed by atoms with Crippen molar-refractivity contribution in [1.29, 1.82) is 0 Å². The number of nitrogens with zero attached hydrogens (tertiary/aromatic N) is 1. The molecule has 27 heavy (non-hydrogen) atoms. The molecule has 0 saturated carbocycles. The summed E-state index contributed by atoms with van der Waals surface area (Å²) in [5.41, 5.74) is 7.35. The van der Waals surface area contributed by atoms with Crippen molar-refractivity contribution < 1.29 is 14.3 Å². The van der Waals surface area contributed by atoms with Crippen LogP contribution in [-0.4, -0.2) is 29.0 Å². The summed E-state index contributed by atoms with van der Waals surface area (Å²) < 4.78 is 5.55. The standard InChI is InChI=1S/C20H25N3O3S/c1-20(2,3)26-18(24)16-14-9-10-23(11-13-7-5-4-6-8-13)12-15(14)27-17(16)22-19(21)25/h4-8H,9-12H2,1-3H3,(H3,21,22,25). The van der Waals surface area contributed by atoms with Gasteiger partial charge in [-0.3, -0.25) is 10.2 Å². The molecule has 0 aliphatic carbocycles. The van der Waals surface area contributed by atoms with Crippen molar-refractivity contribution in [2.24, 2.45) is 5.73 Å². The predicted molar refractivity (Wildman–Crippen MR) is 107 cm³/mol. The maximum absolute atomic E-state index is 12.7. The van der Waals surface area contributed by atoms with E-state index in [4.69, 9.17) is 10.5 Å². The van der Waals surface area contributed by atoms with E-state index in [9.17, 15) is 9.59 Å². The number of amides is 2. The monoisotopic (exact) mass is 387 g/mol. The topological polar surface area (TPSA) is 84.7 Å². The molecule has 0 spiro atoms. The number of hydrogen-bond acceptors (Lipinski definition) is 5. The van der Waals surface area contributed by atoms with E-state index in [0.29, 0.717) is 10.6 Å². The summed E-state index contributed by atoms with van der Waals surface area (Å²) in [4.78, 5) is 27.6. The molecule has 144 valence electrons. The van der Waals surface area contributed by atoms with Crippen LogP contribution in [0, 0.1) is 0 Å². The Morgan fingerprint density at radius 3 is 2.59 bits per heavy atom. The van der Waals surface area contributed by atoms with E-state index in [1.807, 2.05) is 39.0 Å². The van der Waals surface area contributed by atoms with Gasteiger partial charge in [-0.05, 0) is 38.3 Å². The van der Waals surface area contributed by atoms with Crippen molar-refractivity contribution in [3.05, 3.63) is 51.9 Å². The first-order valence-electron chi connectivity index (χ1n) is 8.93. The van der Waals surface area contributed by atoms with Gasteiger partial charge >= 0.3 is 12.0 Å². The van der Waals surface area contributed by atoms with Gasteiger partial charge in [0.2, 0.25) is 0 Å². The second-order valence-corrected chi connectivity index (χ2v) is 8.75. The Labute approximate surface area is 163 Å². The summed E-state index contributed by atoms with van der Waals surface area (Å²) in [6.07, 6.45) is 0.730. The largest absolute Gasteiger partial charge is 0.456 e. The molecule has 0 bridgehead atoms. The first kappa shape index (κ1) is 19.4. The van der Waals surface area contributed by atoms with Crippen molar-refractivity contribution in [1.82, 2.24) is 4.90 Å². The average Bonchev–Trinajstić information content (AvgIpc) is 2.90. The maximum atomic E-state index is 12.7.